The number of aliphatic hydroxyl groups is 1. The van der Waals surface area contributed by atoms with Gasteiger partial charge in [-0.3, -0.25) is 53.2 Å². The lowest BCUT2D eigenvalue weighted by molar-refractivity contribution is -0.167. The monoisotopic (exact) mass is 1010 g/mol. The van der Waals surface area contributed by atoms with Crippen LogP contribution in [0.5, 0.6) is 0 Å². The van der Waals surface area contributed by atoms with Gasteiger partial charge in [0.2, 0.25) is 29.4 Å². The highest BCUT2D eigenvalue weighted by molar-refractivity contribution is 5.89. The fourth-order valence-electron chi connectivity index (χ4n) is 8.41. The molecule has 0 radical (unpaired) electrons. The minimum atomic E-state index is -2.68. The molecule has 0 aliphatic carbocycles. The second-order valence-corrected chi connectivity index (χ2v) is 19.6. The van der Waals surface area contributed by atoms with Crippen molar-refractivity contribution in [3.8, 4) is 0 Å². The highest BCUT2D eigenvalue weighted by Crippen LogP contribution is 2.15. The van der Waals surface area contributed by atoms with Gasteiger partial charge in [-0.05, 0) is 38.0 Å². The number of aliphatic carboxylic acids is 4. The topological polar surface area (TPSA) is 299 Å². The molecule has 1 saturated heterocycles. The third-order valence-electron chi connectivity index (χ3n) is 12.7. The Bertz CT molecular complexity index is 1540. The van der Waals surface area contributed by atoms with Crippen LogP contribution < -0.4 is 21.3 Å². The fraction of sp³-hybridized carbons (Fsp3) is 0.840. The molecule has 4 amide bonds. The molecule has 1 unspecified atom stereocenters. The van der Waals surface area contributed by atoms with Crippen LogP contribution in [0, 0.1) is 5.92 Å². The second-order valence-electron chi connectivity index (χ2n) is 19.6. The molecule has 2 atom stereocenters. The van der Waals surface area contributed by atoms with E-state index in [9.17, 15) is 63.9 Å². The van der Waals surface area contributed by atoms with E-state index in [2.05, 4.69) is 42.0 Å². The van der Waals surface area contributed by atoms with Gasteiger partial charge < -0.3 is 46.8 Å². The summed E-state index contributed by atoms with van der Waals surface area (Å²) in [6.45, 7) is 8.22. The summed E-state index contributed by atoms with van der Waals surface area (Å²) in [5, 5.41) is 59.8. The molecule has 1 rings (SSSR count). The van der Waals surface area contributed by atoms with Gasteiger partial charge in [0.1, 0.15) is 6.04 Å². The number of carboxylic acids is 4. The van der Waals surface area contributed by atoms with Crippen LogP contribution in [0.15, 0.2) is 0 Å². The van der Waals surface area contributed by atoms with Crippen LogP contribution in [-0.2, 0) is 38.4 Å². The molecule has 1 heterocycles. The van der Waals surface area contributed by atoms with Crippen LogP contribution in [0.25, 0.3) is 0 Å². The van der Waals surface area contributed by atoms with Gasteiger partial charge in [-0.15, -0.1) is 0 Å². The number of hydrogen-bond donors (Lipinski definition) is 9. The molecule has 9 N–H and O–H groups in total. The Kier molecular flexibility index (Phi) is 35.6. The molecule has 0 spiro atoms. The molecule has 1 aliphatic rings. The Morgan fingerprint density at radius 3 is 1.31 bits per heavy atom. The van der Waals surface area contributed by atoms with Gasteiger partial charge in [-0.2, -0.15) is 0 Å². The van der Waals surface area contributed by atoms with Crippen molar-refractivity contribution in [3.63, 3.8) is 0 Å². The molecule has 71 heavy (non-hydrogen) atoms. The predicted molar refractivity (Wildman–Crippen MR) is 269 cm³/mol. The molecule has 0 saturated carbocycles. The summed E-state index contributed by atoms with van der Waals surface area (Å²) in [6.07, 6.45) is 17.2. The van der Waals surface area contributed by atoms with E-state index in [-0.39, 0.29) is 104 Å². The van der Waals surface area contributed by atoms with E-state index in [1.165, 1.54) is 51.4 Å². The van der Waals surface area contributed by atoms with Crippen molar-refractivity contribution in [2.45, 2.75) is 174 Å². The van der Waals surface area contributed by atoms with Crippen molar-refractivity contribution in [2.24, 2.45) is 5.92 Å². The maximum Gasteiger partial charge on any atom is 0.357 e. The lowest BCUT2D eigenvalue weighted by Gasteiger charge is -2.32. The Morgan fingerprint density at radius 2 is 0.887 bits per heavy atom. The number of carbonyl (C=O) groups is 8. The first kappa shape index (κ1) is 64.6. The smallest absolute Gasteiger partial charge is 0.357 e. The number of unbranched alkanes of at least 4 members (excludes halogenated alkanes) is 14. The summed E-state index contributed by atoms with van der Waals surface area (Å²) in [4.78, 5) is 106. The zero-order valence-corrected chi connectivity index (χ0v) is 43.4. The van der Waals surface area contributed by atoms with Crippen molar-refractivity contribution in [2.75, 3.05) is 91.6 Å². The van der Waals surface area contributed by atoms with Crippen LogP contribution in [0.3, 0.4) is 0 Å². The standard InChI is InChI=1S/C50H92N8O13/c1-4-5-6-7-8-9-10-11-12-13-14-15-16-23-43(60)54-50(71,49(69)70)25-24-42(59)53-41(48(68)52-27-19-17-21-40(2)3)22-18-20-26-51-44(61)36-55-28-30-56(37-45(62)63)32-34-58(39-47(66)67)35-33-57(31-29-55)38-46(64)65/h40-41,71H,4-39H2,1-3H3,(H,51,61)(H,52,68)(H,53,59)(H,54,60)(H,62,63)(H,64,65)(H,66,67)(H,69,70)/t41-,50?/m0/s1. The third-order valence-corrected chi connectivity index (χ3v) is 12.7. The average Bonchev–Trinajstić information content (AvgIpc) is 3.29. The van der Waals surface area contributed by atoms with Gasteiger partial charge in [0, 0.05) is 84.7 Å². The van der Waals surface area contributed by atoms with Gasteiger partial charge in [0.15, 0.2) is 0 Å². The normalized spacial score (nSPS) is 16.0. The van der Waals surface area contributed by atoms with E-state index in [1.54, 1.807) is 14.7 Å². The van der Waals surface area contributed by atoms with E-state index in [1.807, 2.05) is 4.90 Å². The maximum atomic E-state index is 13.4. The zero-order valence-electron chi connectivity index (χ0n) is 43.4. The Labute approximate surface area is 422 Å². The van der Waals surface area contributed by atoms with Crippen LogP contribution in [0.4, 0.5) is 0 Å². The number of carbonyl (C=O) groups excluding carboxylic acids is 4. The van der Waals surface area contributed by atoms with Crippen LogP contribution in [0.2, 0.25) is 0 Å². The Morgan fingerprint density at radius 1 is 0.479 bits per heavy atom. The molecule has 21 nitrogen and oxygen atoms in total. The molecule has 410 valence electrons. The zero-order chi connectivity index (χ0) is 52.9. The lowest BCUT2D eigenvalue weighted by atomic mass is 10.0. The van der Waals surface area contributed by atoms with Crippen molar-refractivity contribution in [1.29, 1.82) is 0 Å². The van der Waals surface area contributed by atoms with Crippen molar-refractivity contribution < 1.29 is 63.9 Å². The highest BCUT2D eigenvalue weighted by atomic mass is 16.4. The van der Waals surface area contributed by atoms with Gasteiger partial charge >= 0.3 is 23.9 Å². The minimum absolute atomic E-state index is 0.0379. The Hall–Kier alpha value is -4.44. The molecular weight excluding hydrogens is 921 g/mol. The largest absolute Gasteiger partial charge is 0.480 e. The summed E-state index contributed by atoms with van der Waals surface area (Å²) < 4.78 is 0. The average molecular weight is 1010 g/mol. The predicted octanol–water partition coefficient (Wildman–Crippen LogP) is 3.33. The van der Waals surface area contributed by atoms with Crippen molar-refractivity contribution in [3.05, 3.63) is 0 Å². The Balaban J connectivity index is 2.77. The SMILES string of the molecule is CCCCCCCCCCCCCCCC(=O)NC(O)(CCC(=O)N[C@@H](CCCCNC(=O)CN1CCN(CC(=O)O)CCN(CC(=O)O)CCN(CC(=O)O)CC1)C(=O)NCCCCC(C)C)C(=O)O. The fourth-order valence-corrected chi connectivity index (χ4v) is 8.41. The molecule has 0 aromatic heterocycles. The highest BCUT2D eigenvalue weighted by Gasteiger charge is 2.38. The first-order valence-electron chi connectivity index (χ1n) is 26.5. The molecular formula is C50H92N8O13. The first-order chi connectivity index (χ1) is 33.8. The molecule has 1 aliphatic heterocycles. The van der Waals surface area contributed by atoms with Crippen LogP contribution in [-0.4, -0.2) is 196 Å². The van der Waals surface area contributed by atoms with E-state index in [0.29, 0.717) is 31.7 Å². The van der Waals surface area contributed by atoms with Gasteiger partial charge in [0.25, 0.3) is 0 Å². The molecule has 0 bridgehead atoms. The summed E-state index contributed by atoms with van der Waals surface area (Å²) in [5.41, 5.74) is -2.68. The molecule has 21 heteroatoms. The minimum Gasteiger partial charge on any atom is -0.480 e. The lowest BCUT2D eigenvalue weighted by Crippen LogP contribution is -2.55. The van der Waals surface area contributed by atoms with Crippen LogP contribution in [0.1, 0.15) is 162 Å². The van der Waals surface area contributed by atoms with E-state index < -0.39 is 66.2 Å². The molecule has 0 aromatic rings. The van der Waals surface area contributed by atoms with E-state index >= 15 is 0 Å². The van der Waals surface area contributed by atoms with Crippen molar-refractivity contribution >= 4 is 47.5 Å². The van der Waals surface area contributed by atoms with Crippen LogP contribution >= 0.6 is 0 Å². The maximum absolute atomic E-state index is 13.4. The number of rotatable bonds is 39. The summed E-state index contributed by atoms with van der Waals surface area (Å²) in [5.74, 6) is -6.42. The number of carboxylic acid groups (broad SMARTS) is 4. The second kappa shape index (κ2) is 39.1. The summed E-state index contributed by atoms with van der Waals surface area (Å²) >= 11 is 0. The molecule has 1 fully saturated rings. The molecule has 0 aromatic carbocycles. The van der Waals surface area contributed by atoms with E-state index in [4.69, 9.17) is 0 Å². The summed E-state index contributed by atoms with van der Waals surface area (Å²) in [6, 6.07) is -0.993. The number of nitrogens with zero attached hydrogens (tertiary/aromatic N) is 4. The van der Waals surface area contributed by atoms with Gasteiger partial charge in [-0.25, -0.2) is 4.79 Å². The number of hydrogen-bond acceptors (Lipinski definition) is 13. The van der Waals surface area contributed by atoms with Gasteiger partial charge in [-0.1, -0.05) is 111 Å². The van der Waals surface area contributed by atoms with Crippen molar-refractivity contribution in [1.82, 2.24) is 40.9 Å². The number of amides is 4. The van der Waals surface area contributed by atoms with Gasteiger partial charge in [0.05, 0.1) is 26.2 Å². The first-order valence-corrected chi connectivity index (χ1v) is 26.5. The number of nitrogens with one attached hydrogen (secondary N) is 4. The third kappa shape index (κ3) is 34.5. The van der Waals surface area contributed by atoms with E-state index in [0.717, 1.165) is 44.9 Å². The quantitative estimate of drug-likeness (QED) is 0.0315. The summed E-state index contributed by atoms with van der Waals surface area (Å²) in [7, 11) is 0.